The van der Waals surface area contributed by atoms with Crippen LogP contribution in [0.15, 0.2) is 0 Å². The minimum Gasteiger partial charge on any atom is -0.275 e. The first-order valence-corrected chi connectivity index (χ1v) is 3.01. The van der Waals surface area contributed by atoms with Crippen molar-refractivity contribution in [1.82, 2.24) is 14.8 Å². The van der Waals surface area contributed by atoms with Gasteiger partial charge in [0.1, 0.15) is 6.54 Å². The highest BCUT2D eigenvalue weighted by molar-refractivity contribution is 9.08. The van der Waals surface area contributed by atoms with Crippen LogP contribution in [-0.2, 0) is 4.79 Å². The van der Waals surface area contributed by atoms with E-state index in [0.29, 0.717) is 0 Å². The summed E-state index contributed by atoms with van der Waals surface area (Å²) in [4.78, 5) is 20.9. The third-order valence-electron chi connectivity index (χ3n) is 0.895. The number of amides is 3. The maximum Gasteiger partial charge on any atom is 0.339 e. The van der Waals surface area contributed by atoms with Crippen LogP contribution >= 0.6 is 16.1 Å². The zero-order valence-corrected chi connectivity index (χ0v) is 5.93. The molecule has 6 heteroatoms. The van der Waals surface area contributed by atoms with Crippen molar-refractivity contribution in [1.29, 1.82) is 0 Å². The van der Waals surface area contributed by atoms with Gasteiger partial charge in [0.05, 0.1) is 0 Å². The van der Waals surface area contributed by atoms with Gasteiger partial charge in [-0.25, -0.2) is 9.80 Å². The Morgan fingerprint density at radius 1 is 1.67 bits per heavy atom. The molecular weight excluding hydrogens is 190 g/mol. The average Bonchev–Trinajstić information content (AvgIpc) is 2.10. The SMILES string of the molecule is O=C1CN(NBr)C(=O)N1. The summed E-state index contributed by atoms with van der Waals surface area (Å²) in [6.45, 7) is 0.0596. The molecule has 0 aromatic carbocycles. The summed E-state index contributed by atoms with van der Waals surface area (Å²) in [5, 5.41) is 3.19. The van der Waals surface area contributed by atoms with E-state index >= 15 is 0 Å². The molecule has 0 atom stereocenters. The number of rotatable bonds is 1. The molecule has 1 saturated heterocycles. The number of nitrogens with zero attached hydrogens (tertiary/aromatic N) is 1. The number of hydrogen-bond donors (Lipinski definition) is 2. The first-order valence-electron chi connectivity index (χ1n) is 2.21. The van der Waals surface area contributed by atoms with Gasteiger partial charge in [0, 0.05) is 16.1 Å². The topological polar surface area (TPSA) is 61.4 Å². The average molecular weight is 194 g/mol. The second-order valence-electron chi connectivity index (χ2n) is 1.52. The second kappa shape index (κ2) is 2.32. The van der Waals surface area contributed by atoms with Gasteiger partial charge in [-0.1, -0.05) is 0 Å². The van der Waals surface area contributed by atoms with Gasteiger partial charge >= 0.3 is 6.03 Å². The third kappa shape index (κ3) is 1.19. The Bertz CT molecular complexity index is 159. The Kier molecular flexibility index (Phi) is 1.68. The van der Waals surface area contributed by atoms with Crippen LogP contribution in [0.3, 0.4) is 0 Å². The maximum absolute atomic E-state index is 10.5. The van der Waals surface area contributed by atoms with Crippen molar-refractivity contribution in [3.8, 4) is 0 Å². The number of urea groups is 1. The van der Waals surface area contributed by atoms with Gasteiger partial charge in [0.2, 0.25) is 5.91 Å². The fourth-order valence-corrected chi connectivity index (χ4v) is 0.796. The lowest BCUT2D eigenvalue weighted by Crippen LogP contribution is -2.34. The Morgan fingerprint density at radius 3 is 2.56 bits per heavy atom. The normalized spacial score (nSPS) is 18.6. The fourth-order valence-electron chi connectivity index (χ4n) is 0.510. The second-order valence-corrected chi connectivity index (χ2v) is 1.88. The van der Waals surface area contributed by atoms with Crippen LogP contribution in [-0.4, -0.2) is 23.5 Å². The van der Waals surface area contributed by atoms with E-state index < -0.39 is 6.03 Å². The van der Waals surface area contributed by atoms with Crippen molar-refractivity contribution in [2.24, 2.45) is 0 Å². The van der Waals surface area contributed by atoms with Crippen molar-refractivity contribution in [3.05, 3.63) is 0 Å². The molecular formula is C3H4BrN3O2. The van der Waals surface area contributed by atoms with Crippen LogP contribution < -0.4 is 9.77 Å². The van der Waals surface area contributed by atoms with Gasteiger partial charge in [-0.2, -0.15) is 4.45 Å². The number of imide groups is 1. The number of halogens is 1. The van der Waals surface area contributed by atoms with Crippen LogP contribution in [0.2, 0.25) is 0 Å². The van der Waals surface area contributed by atoms with Gasteiger partial charge in [0.25, 0.3) is 0 Å². The monoisotopic (exact) mass is 193 g/mol. The molecule has 0 unspecified atom stereocenters. The number of carbonyl (C=O) groups excluding carboxylic acids is 2. The summed E-state index contributed by atoms with van der Waals surface area (Å²) >= 11 is 2.81. The molecule has 5 nitrogen and oxygen atoms in total. The van der Waals surface area contributed by atoms with Gasteiger partial charge in [-0.15, -0.1) is 0 Å². The first-order chi connectivity index (χ1) is 4.24. The molecule has 1 fully saturated rings. The summed E-state index contributed by atoms with van der Waals surface area (Å²) in [7, 11) is 0. The van der Waals surface area contributed by atoms with E-state index in [1.807, 2.05) is 0 Å². The molecule has 0 saturated carbocycles. The Hall–Kier alpha value is -0.620. The van der Waals surface area contributed by atoms with Crippen molar-refractivity contribution in [2.45, 2.75) is 0 Å². The molecule has 0 spiro atoms. The van der Waals surface area contributed by atoms with E-state index in [0.717, 1.165) is 5.01 Å². The zero-order valence-electron chi connectivity index (χ0n) is 4.35. The molecule has 2 N–H and O–H groups in total. The molecule has 1 rings (SSSR count). The Labute approximate surface area is 59.7 Å². The quantitative estimate of drug-likeness (QED) is 0.430. The summed E-state index contributed by atoms with van der Waals surface area (Å²) < 4.78 is 2.36. The summed E-state index contributed by atoms with van der Waals surface area (Å²) in [5.74, 6) is -0.299. The maximum atomic E-state index is 10.5. The van der Waals surface area contributed by atoms with Gasteiger partial charge < -0.3 is 0 Å². The zero-order chi connectivity index (χ0) is 6.85. The van der Waals surface area contributed by atoms with E-state index in [9.17, 15) is 9.59 Å². The van der Waals surface area contributed by atoms with Crippen LogP contribution in [0.4, 0.5) is 4.79 Å². The molecule has 9 heavy (non-hydrogen) atoms. The van der Waals surface area contributed by atoms with E-state index in [-0.39, 0.29) is 12.5 Å². The molecule has 1 aliphatic heterocycles. The summed E-state index contributed by atoms with van der Waals surface area (Å²) in [6, 6.07) is -0.433. The number of hydrazine groups is 1. The molecule has 1 aliphatic rings. The molecule has 3 amide bonds. The van der Waals surface area contributed by atoms with Gasteiger partial charge in [-0.05, 0) is 0 Å². The lowest BCUT2D eigenvalue weighted by Gasteiger charge is -2.06. The lowest BCUT2D eigenvalue weighted by molar-refractivity contribution is -0.118. The van der Waals surface area contributed by atoms with Crippen LogP contribution in [0.5, 0.6) is 0 Å². The smallest absolute Gasteiger partial charge is 0.275 e. The van der Waals surface area contributed by atoms with E-state index in [1.165, 1.54) is 0 Å². The number of hydrogen-bond acceptors (Lipinski definition) is 3. The highest BCUT2D eigenvalue weighted by Gasteiger charge is 2.25. The highest BCUT2D eigenvalue weighted by atomic mass is 79.9. The molecule has 0 aromatic rings. The van der Waals surface area contributed by atoms with Gasteiger partial charge in [0.15, 0.2) is 0 Å². The molecule has 0 radical (unpaired) electrons. The molecule has 1 heterocycles. The number of nitrogens with one attached hydrogen (secondary N) is 2. The molecule has 50 valence electrons. The Morgan fingerprint density at radius 2 is 2.33 bits per heavy atom. The summed E-state index contributed by atoms with van der Waals surface area (Å²) in [5.41, 5.74) is 0. The molecule has 0 bridgehead atoms. The van der Waals surface area contributed by atoms with Crippen molar-refractivity contribution < 1.29 is 9.59 Å². The molecule has 0 aliphatic carbocycles. The van der Waals surface area contributed by atoms with E-state index in [4.69, 9.17) is 0 Å². The predicted molar refractivity (Wildman–Crippen MR) is 32.3 cm³/mol. The third-order valence-corrected chi connectivity index (χ3v) is 1.32. The van der Waals surface area contributed by atoms with Crippen molar-refractivity contribution in [2.75, 3.05) is 6.54 Å². The Balaban J connectivity index is 2.58. The fraction of sp³-hybridized carbons (Fsp3) is 0.333. The minimum atomic E-state index is -0.433. The van der Waals surface area contributed by atoms with Crippen molar-refractivity contribution >= 4 is 28.1 Å². The standard InChI is InChI=1S/C3H4BrN3O2/c4-6-7-1-2(8)5-3(7)9/h6H,1H2,(H,5,8,9). The highest BCUT2D eigenvalue weighted by Crippen LogP contribution is 1.93. The first kappa shape index (κ1) is 6.50. The minimum absolute atomic E-state index is 0.0596. The van der Waals surface area contributed by atoms with Crippen LogP contribution in [0.25, 0.3) is 0 Å². The summed E-state index contributed by atoms with van der Waals surface area (Å²) in [6.07, 6.45) is 0. The molecule has 0 aromatic heterocycles. The van der Waals surface area contributed by atoms with Crippen LogP contribution in [0.1, 0.15) is 0 Å². The predicted octanol–water partition coefficient (Wildman–Crippen LogP) is -0.647. The van der Waals surface area contributed by atoms with Crippen molar-refractivity contribution in [3.63, 3.8) is 0 Å². The lowest BCUT2D eigenvalue weighted by atomic mass is 10.7. The largest absolute Gasteiger partial charge is 0.339 e. The van der Waals surface area contributed by atoms with Crippen LogP contribution in [0, 0.1) is 0 Å². The number of carbonyl (C=O) groups is 2. The van der Waals surface area contributed by atoms with Gasteiger partial charge in [-0.3, -0.25) is 10.1 Å². The van der Waals surface area contributed by atoms with E-state index in [1.54, 1.807) is 0 Å². The van der Waals surface area contributed by atoms with E-state index in [2.05, 4.69) is 25.9 Å².